The molecule has 2 rings (SSSR count). The van der Waals surface area contributed by atoms with Crippen molar-refractivity contribution in [3.63, 3.8) is 0 Å². The fourth-order valence-electron chi connectivity index (χ4n) is 2.53. The third-order valence-corrected chi connectivity index (χ3v) is 3.82. The quantitative estimate of drug-likeness (QED) is 0.894. The van der Waals surface area contributed by atoms with Crippen molar-refractivity contribution in [2.45, 2.75) is 25.8 Å². The zero-order valence-corrected chi connectivity index (χ0v) is 11.4. The molecule has 1 aromatic rings. The zero-order chi connectivity index (χ0) is 13.1. The normalized spacial score (nSPS) is 24.1. The van der Waals surface area contributed by atoms with Crippen LogP contribution in [0, 0.1) is 5.92 Å². The summed E-state index contributed by atoms with van der Waals surface area (Å²) in [6.07, 6.45) is 2.03. The Morgan fingerprint density at radius 1 is 1.56 bits per heavy atom. The largest absolute Gasteiger partial charge is 0.334 e. The molecular weight excluding hydrogens is 248 g/mol. The number of hydrogen-bond donors (Lipinski definition) is 1. The lowest BCUT2D eigenvalue weighted by atomic mass is 9.92. The van der Waals surface area contributed by atoms with Gasteiger partial charge in [-0.3, -0.25) is 4.79 Å². The number of carbonyl (C=O) groups excluding carboxylic acids is 1. The van der Waals surface area contributed by atoms with E-state index in [2.05, 4.69) is 6.92 Å². The number of amides is 1. The third kappa shape index (κ3) is 2.85. The Morgan fingerprint density at radius 2 is 2.33 bits per heavy atom. The van der Waals surface area contributed by atoms with Gasteiger partial charge in [-0.05, 0) is 37.0 Å². The second-order valence-electron chi connectivity index (χ2n) is 5.03. The van der Waals surface area contributed by atoms with Crippen LogP contribution in [0.25, 0.3) is 0 Å². The molecule has 1 saturated heterocycles. The lowest BCUT2D eigenvalue weighted by Gasteiger charge is -2.38. The highest BCUT2D eigenvalue weighted by molar-refractivity contribution is 6.30. The number of likely N-dealkylation sites (tertiary alicyclic amines) is 1. The Hall–Kier alpha value is -1.06. The number of piperidine rings is 1. The first-order valence-corrected chi connectivity index (χ1v) is 6.76. The van der Waals surface area contributed by atoms with E-state index in [0.29, 0.717) is 23.0 Å². The van der Waals surface area contributed by atoms with Gasteiger partial charge in [-0.15, -0.1) is 0 Å². The highest BCUT2D eigenvalue weighted by Crippen LogP contribution is 2.24. The minimum Gasteiger partial charge on any atom is -0.334 e. The predicted molar refractivity (Wildman–Crippen MR) is 73.7 cm³/mol. The summed E-state index contributed by atoms with van der Waals surface area (Å²) >= 11 is 5.93. The van der Waals surface area contributed by atoms with Crippen molar-refractivity contribution in [3.8, 4) is 0 Å². The molecule has 1 heterocycles. The second-order valence-corrected chi connectivity index (χ2v) is 5.46. The van der Waals surface area contributed by atoms with E-state index in [4.69, 9.17) is 17.3 Å². The van der Waals surface area contributed by atoms with Crippen LogP contribution >= 0.6 is 11.6 Å². The number of rotatable bonds is 2. The molecule has 18 heavy (non-hydrogen) atoms. The minimum atomic E-state index is 0.0415. The van der Waals surface area contributed by atoms with Gasteiger partial charge in [0.25, 0.3) is 5.91 Å². The smallest absolute Gasteiger partial charge is 0.254 e. The SMILES string of the molecule is CC1CCN(C(=O)c2cccc(Cl)c2)C(CN)C1. The van der Waals surface area contributed by atoms with Gasteiger partial charge < -0.3 is 10.6 Å². The predicted octanol–water partition coefficient (Wildman–Crippen LogP) is 2.54. The van der Waals surface area contributed by atoms with Crippen LogP contribution in [0.4, 0.5) is 0 Å². The second kappa shape index (κ2) is 5.72. The summed E-state index contributed by atoms with van der Waals surface area (Å²) < 4.78 is 0. The standard InChI is InChI=1S/C14H19ClN2O/c1-10-5-6-17(13(7-10)9-16)14(18)11-3-2-4-12(15)8-11/h2-4,8,10,13H,5-7,9,16H2,1H3. The van der Waals surface area contributed by atoms with E-state index < -0.39 is 0 Å². The molecule has 1 aromatic carbocycles. The number of nitrogens with zero attached hydrogens (tertiary/aromatic N) is 1. The van der Waals surface area contributed by atoms with Crippen molar-refractivity contribution >= 4 is 17.5 Å². The molecule has 0 aliphatic carbocycles. The van der Waals surface area contributed by atoms with Crippen molar-refractivity contribution in [2.24, 2.45) is 11.7 Å². The molecule has 2 unspecified atom stereocenters. The summed E-state index contributed by atoms with van der Waals surface area (Å²) in [6.45, 7) is 3.52. The number of hydrogen-bond acceptors (Lipinski definition) is 2. The highest BCUT2D eigenvalue weighted by atomic mass is 35.5. The molecule has 0 aromatic heterocycles. The molecule has 0 radical (unpaired) electrons. The van der Waals surface area contributed by atoms with Gasteiger partial charge in [0.1, 0.15) is 0 Å². The van der Waals surface area contributed by atoms with Gasteiger partial charge in [0.2, 0.25) is 0 Å². The fourth-order valence-corrected chi connectivity index (χ4v) is 2.72. The van der Waals surface area contributed by atoms with E-state index in [1.54, 1.807) is 24.3 Å². The van der Waals surface area contributed by atoms with Crippen molar-refractivity contribution < 1.29 is 4.79 Å². The van der Waals surface area contributed by atoms with E-state index in [1.807, 2.05) is 4.90 Å². The first kappa shape index (κ1) is 13.4. The molecule has 0 bridgehead atoms. The van der Waals surface area contributed by atoms with Gasteiger partial charge in [0.15, 0.2) is 0 Å². The lowest BCUT2D eigenvalue weighted by Crippen LogP contribution is -2.49. The summed E-state index contributed by atoms with van der Waals surface area (Å²) in [5, 5.41) is 0.593. The molecule has 1 fully saturated rings. The van der Waals surface area contributed by atoms with Crippen LogP contribution in [-0.4, -0.2) is 29.9 Å². The number of nitrogens with two attached hydrogens (primary N) is 1. The van der Waals surface area contributed by atoms with Crippen LogP contribution in [0.15, 0.2) is 24.3 Å². The van der Waals surface area contributed by atoms with E-state index in [1.165, 1.54) is 0 Å². The highest BCUT2D eigenvalue weighted by Gasteiger charge is 2.29. The van der Waals surface area contributed by atoms with Gasteiger partial charge in [-0.1, -0.05) is 24.6 Å². The Balaban J connectivity index is 2.17. The summed E-state index contributed by atoms with van der Waals surface area (Å²) in [5.74, 6) is 0.682. The Labute approximate surface area is 113 Å². The molecule has 0 saturated carbocycles. The van der Waals surface area contributed by atoms with E-state index in [0.717, 1.165) is 19.4 Å². The molecule has 98 valence electrons. The molecule has 1 amide bonds. The van der Waals surface area contributed by atoms with Crippen molar-refractivity contribution in [1.29, 1.82) is 0 Å². The van der Waals surface area contributed by atoms with E-state index in [9.17, 15) is 4.79 Å². The first-order valence-electron chi connectivity index (χ1n) is 6.38. The Bertz CT molecular complexity index is 436. The average Bonchev–Trinajstić information content (AvgIpc) is 2.37. The monoisotopic (exact) mass is 266 g/mol. The number of benzene rings is 1. The van der Waals surface area contributed by atoms with Crippen LogP contribution in [-0.2, 0) is 0 Å². The van der Waals surface area contributed by atoms with Gasteiger partial charge in [-0.25, -0.2) is 0 Å². The third-order valence-electron chi connectivity index (χ3n) is 3.58. The van der Waals surface area contributed by atoms with Gasteiger partial charge in [0, 0.05) is 29.7 Å². The molecule has 1 aliphatic heterocycles. The maximum atomic E-state index is 12.4. The van der Waals surface area contributed by atoms with Gasteiger partial charge in [0.05, 0.1) is 0 Å². The van der Waals surface area contributed by atoms with Crippen LogP contribution in [0.1, 0.15) is 30.1 Å². The van der Waals surface area contributed by atoms with Crippen LogP contribution in [0.2, 0.25) is 5.02 Å². The lowest BCUT2D eigenvalue weighted by molar-refractivity contribution is 0.0573. The molecule has 0 spiro atoms. The molecule has 2 atom stereocenters. The molecular formula is C14H19ClN2O. The van der Waals surface area contributed by atoms with Gasteiger partial charge >= 0.3 is 0 Å². The summed E-state index contributed by atoms with van der Waals surface area (Å²) in [5.41, 5.74) is 6.43. The maximum Gasteiger partial charge on any atom is 0.254 e. The van der Waals surface area contributed by atoms with Crippen molar-refractivity contribution in [1.82, 2.24) is 4.90 Å². The first-order chi connectivity index (χ1) is 8.61. The molecule has 4 heteroatoms. The van der Waals surface area contributed by atoms with E-state index >= 15 is 0 Å². The van der Waals surface area contributed by atoms with Crippen molar-refractivity contribution in [3.05, 3.63) is 34.9 Å². The average molecular weight is 267 g/mol. The Kier molecular flexibility index (Phi) is 4.25. The van der Waals surface area contributed by atoms with Gasteiger partial charge in [-0.2, -0.15) is 0 Å². The summed E-state index contributed by atoms with van der Waals surface area (Å²) in [7, 11) is 0. The molecule has 2 N–H and O–H groups in total. The minimum absolute atomic E-state index is 0.0415. The molecule has 3 nitrogen and oxygen atoms in total. The number of halogens is 1. The zero-order valence-electron chi connectivity index (χ0n) is 10.6. The van der Waals surface area contributed by atoms with Crippen molar-refractivity contribution in [2.75, 3.05) is 13.1 Å². The van der Waals surface area contributed by atoms with Crippen LogP contribution < -0.4 is 5.73 Å². The van der Waals surface area contributed by atoms with Crippen LogP contribution in [0.5, 0.6) is 0 Å². The maximum absolute atomic E-state index is 12.4. The topological polar surface area (TPSA) is 46.3 Å². The number of carbonyl (C=O) groups is 1. The fraction of sp³-hybridized carbons (Fsp3) is 0.500. The Morgan fingerprint density at radius 3 is 3.00 bits per heavy atom. The molecule has 1 aliphatic rings. The van der Waals surface area contributed by atoms with Crippen LogP contribution in [0.3, 0.4) is 0 Å². The summed E-state index contributed by atoms with van der Waals surface area (Å²) in [4.78, 5) is 14.3. The summed E-state index contributed by atoms with van der Waals surface area (Å²) in [6, 6.07) is 7.26. The van der Waals surface area contributed by atoms with E-state index in [-0.39, 0.29) is 11.9 Å².